The molecule has 1 heterocycles. The van der Waals surface area contributed by atoms with Crippen LogP contribution >= 0.6 is 0 Å². The Morgan fingerprint density at radius 2 is 2.06 bits per heavy atom. The van der Waals surface area contributed by atoms with Crippen molar-refractivity contribution in [2.75, 3.05) is 33.8 Å². The van der Waals surface area contributed by atoms with Crippen LogP contribution in [0.25, 0.3) is 0 Å². The van der Waals surface area contributed by atoms with Crippen LogP contribution in [0.3, 0.4) is 0 Å². The fourth-order valence-corrected chi connectivity index (χ4v) is 3.27. The van der Waals surface area contributed by atoms with Crippen molar-refractivity contribution in [3.63, 3.8) is 0 Å². The molecule has 3 heteroatoms. The second-order valence-corrected chi connectivity index (χ2v) is 6.04. The van der Waals surface area contributed by atoms with Crippen LogP contribution < -0.4 is 5.32 Å². The van der Waals surface area contributed by atoms with Gasteiger partial charge in [0, 0.05) is 12.6 Å². The summed E-state index contributed by atoms with van der Waals surface area (Å²) in [7, 11) is 4.28. The molecule has 1 N–H and O–H groups in total. The first-order valence-electron chi connectivity index (χ1n) is 7.22. The highest BCUT2D eigenvalue weighted by Gasteiger charge is 2.39. The maximum absolute atomic E-state index is 6.05. The molecule has 1 spiro atoms. The number of nitrogens with one attached hydrogen (secondary N) is 1. The molecule has 17 heavy (non-hydrogen) atoms. The topological polar surface area (TPSA) is 24.5 Å². The van der Waals surface area contributed by atoms with Crippen LogP contribution in [0.1, 0.15) is 44.9 Å². The first-order chi connectivity index (χ1) is 8.20. The highest BCUT2D eigenvalue weighted by Crippen LogP contribution is 2.39. The van der Waals surface area contributed by atoms with Crippen molar-refractivity contribution in [2.24, 2.45) is 0 Å². The van der Waals surface area contributed by atoms with Gasteiger partial charge in [0.25, 0.3) is 0 Å². The summed E-state index contributed by atoms with van der Waals surface area (Å²) in [4.78, 5) is 2.25. The van der Waals surface area contributed by atoms with Gasteiger partial charge in [-0.1, -0.05) is 12.8 Å². The minimum Gasteiger partial charge on any atom is -0.375 e. The third-order valence-corrected chi connectivity index (χ3v) is 4.22. The summed E-state index contributed by atoms with van der Waals surface area (Å²) in [5.74, 6) is 0. The molecule has 2 aliphatic rings. The molecular weight excluding hydrogens is 212 g/mol. The summed E-state index contributed by atoms with van der Waals surface area (Å²) in [6.07, 6.45) is 9.02. The van der Waals surface area contributed by atoms with Crippen molar-refractivity contribution in [3.05, 3.63) is 0 Å². The van der Waals surface area contributed by atoms with E-state index in [9.17, 15) is 0 Å². The van der Waals surface area contributed by atoms with Gasteiger partial charge in [0.15, 0.2) is 0 Å². The molecular formula is C14H28N2O. The quantitative estimate of drug-likeness (QED) is 0.744. The van der Waals surface area contributed by atoms with Crippen LogP contribution in [-0.2, 0) is 4.74 Å². The van der Waals surface area contributed by atoms with Gasteiger partial charge < -0.3 is 15.0 Å². The van der Waals surface area contributed by atoms with E-state index in [2.05, 4.69) is 24.3 Å². The van der Waals surface area contributed by atoms with E-state index < -0.39 is 0 Å². The summed E-state index contributed by atoms with van der Waals surface area (Å²) in [5, 5.41) is 3.72. The van der Waals surface area contributed by atoms with Gasteiger partial charge in [-0.05, 0) is 59.3 Å². The normalized spacial score (nSPS) is 28.1. The van der Waals surface area contributed by atoms with Crippen molar-refractivity contribution in [1.82, 2.24) is 10.2 Å². The van der Waals surface area contributed by atoms with E-state index in [0.29, 0.717) is 6.04 Å². The molecule has 1 atom stereocenters. The maximum atomic E-state index is 6.05. The minimum absolute atomic E-state index is 0.261. The van der Waals surface area contributed by atoms with Crippen molar-refractivity contribution >= 4 is 0 Å². The molecule has 0 radical (unpaired) electrons. The molecule has 3 nitrogen and oxygen atoms in total. The lowest BCUT2D eigenvalue weighted by Crippen LogP contribution is -2.46. The predicted octanol–water partition coefficient (Wildman–Crippen LogP) is 2.02. The molecule has 0 aromatic carbocycles. The van der Waals surface area contributed by atoms with Crippen molar-refractivity contribution < 1.29 is 4.74 Å². The SMILES string of the molecule is CN(C)CCCNC1CCOC2(CCCC2)C1. The van der Waals surface area contributed by atoms with Gasteiger partial charge in [0.05, 0.1) is 5.60 Å². The van der Waals surface area contributed by atoms with Crippen LogP contribution in [0.15, 0.2) is 0 Å². The molecule has 1 unspecified atom stereocenters. The molecule has 1 aliphatic carbocycles. The number of hydrogen-bond donors (Lipinski definition) is 1. The summed E-state index contributed by atoms with van der Waals surface area (Å²) in [6.45, 7) is 3.30. The average molecular weight is 240 g/mol. The highest BCUT2D eigenvalue weighted by atomic mass is 16.5. The van der Waals surface area contributed by atoms with Gasteiger partial charge in [0.2, 0.25) is 0 Å². The lowest BCUT2D eigenvalue weighted by atomic mass is 9.89. The van der Waals surface area contributed by atoms with E-state index in [1.54, 1.807) is 0 Å². The molecule has 2 rings (SSSR count). The van der Waals surface area contributed by atoms with Crippen molar-refractivity contribution in [3.8, 4) is 0 Å². The Morgan fingerprint density at radius 1 is 1.29 bits per heavy atom. The molecule has 0 aromatic rings. The molecule has 0 amide bonds. The van der Waals surface area contributed by atoms with E-state index in [0.717, 1.165) is 13.2 Å². The maximum Gasteiger partial charge on any atom is 0.0697 e. The summed E-state index contributed by atoms with van der Waals surface area (Å²) in [6, 6.07) is 0.698. The lowest BCUT2D eigenvalue weighted by molar-refractivity contribution is -0.0835. The lowest BCUT2D eigenvalue weighted by Gasteiger charge is -2.38. The molecule has 100 valence electrons. The number of nitrogens with zero attached hydrogens (tertiary/aromatic N) is 1. The zero-order chi connectivity index (χ0) is 12.1. The fraction of sp³-hybridized carbons (Fsp3) is 1.00. The van der Waals surface area contributed by atoms with Gasteiger partial charge in [-0.15, -0.1) is 0 Å². The second-order valence-electron chi connectivity index (χ2n) is 6.04. The van der Waals surface area contributed by atoms with Gasteiger partial charge in [-0.2, -0.15) is 0 Å². The molecule has 1 saturated heterocycles. The standard InChI is InChI=1S/C14H28N2O/c1-16(2)10-5-9-15-13-6-11-17-14(12-13)7-3-4-8-14/h13,15H,3-12H2,1-2H3. The van der Waals surface area contributed by atoms with Gasteiger partial charge in [-0.25, -0.2) is 0 Å². The van der Waals surface area contributed by atoms with Crippen LogP contribution in [0.5, 0.6) is 0 Å². The molecule has 1 aliphatic heterocycles. The first kappa shape index (κ1) is 13.3. The van der Waals surface area contributed by atoms with E-state index >= 15 is 0 Å². The highest BCUT2D eigenvalue weighted by molar-refractivity contribution is 4.93. The largest absolute Gasteiger partial charge is 0.375 e. The zero-order valence-electron chi connectivity index (χ0n) is 11.5. The third-order valence-electron chi connectivity index (χ3n) is 4.22. The van der Waals surface area contributed by atoms with Crippen molar-refractivity contribution in [2.45, 2.75) is 56.6 Å². The van der Waals surface area contributed by atoms with Gasteiger partial charge in [0.1, 0.15) is 0 Å². The van der Waals surface area contributed by atoms with Crippen LogP contribution in [0, 0.1) is 0 Å². The second kappa shape index (κ2) is 6.17. The Morgan fingerprint density at radius 3 is 2.76 bits per heavy atom. The molecule has 2 fully saturated rings. The Labute approximate surface area is 106 Å². The molecule has 1 saturated carbocycles. The Kier molecular flexibility index (Phi) is 4.83. The van der Waals surface area contributed by atoms with Crippen LogP contribution in [0.4, 0.5) is 0 Å². The predicted molar refractivity (Wildman–Crippen MR) is 71.3 cm³/mol. The van der Waals surface area contributed by atoms with E-state index in [4.69, 9.17) is 4.74 Å². The average Bonchev–Trinajstić information content (AvgIpc) is 2.73. The number of rotatable bonds is 5. The Bertz CT molecular complexity index is 224. The van der Waals surface area contributed by atoms with Crippen LogP contribution in [0.2, 0.25) is 0 Å². The van der Waals surface area contributed by atoms with Crippen molar-refractivity contribution in [1.29, 1.82) is 0 Å². The van der Waals surface area contributed by atoms with Crippen LogP contribution in [-0.4, -0.2) is 50.3 Å². The van der Waals surface area contributed by atoms with E-state index in [1.165, 1.54) is 51.5 Å². The third kappa shape index (κ3) is 3.94. The van der Waals surface area contributed by atoms with Gasteiger partial charge >= 0.3 is 0 Å². The summed E-state index contributed by atoms with van der Waals surface area (Å²) in [5.41, 5.74) is 0.261. The zero-order valence-corrected chi connectivity index (χ0v) is 11.5. The number of ether oxygens (including phenoxy) is 1. The Hall–Kier alpha value is -0.120. The smallest absolute Gasteiger partial charge is 0.0697 e. The minimum atomic E-state index is 0.261. The number of hydrogen-bond acceptors (Lipinski definition) is 3. The van der Waals surface area contributed by atoms with E-state index in [1.807, 2.05) is 0 Å². The molecule has 0 bridgehead atoms. The summed E-state index contributed by atoms with van der Waals surface area (Å²) < 4.78 is 6.05. The molecule has 0 aromatic heterocycles. The van der Waals surface area contributed by atoms with E-state index in [-0.39, 0.29) is 5.60 Å². The fourth-order valence-electron chi connectivity index (χ4n) is 3.27. The first-order valence-corrected chi connectivity index (χ1v) is 7.22. The summed E-state index contributed by atoms with van der Waals surface area (Å²) >= 11 is 0. The monoisotopic (exact) mass is 240 g/mol. The van der Waals surface area contributed by atoms with Gasteiger partial charge in [-0.3, -0.25) is 0 Å². The Balaban J connectivity index is 1.67.